The van der Waals surface area contributed by atoms with Crippen LogP contribution in [0.15, 0.2) is 71.9 Å². The van der Waals surface area contributed by atoms with Crippen molar-refractivity contribution >= 4 is 35.0 Å². The highest BCUT2D eigenvalue weighted by Gasteiger charge is 2.29. The number of nitrogens with zero attached hydrogens (tertiary/aromatic N) is 1. The van der Waals surface area contributed by atoms with Gasteiger partial charge in [-0.25, -0.2) is 4.79 Å². The van der Waals surface area contributed by atoms with Crippen molar-refractivity contribution in [3.63, 3.8) is 0 Å². The smallest absolute Gasteiger partial charge is 0.345 e. The highest BCUT2D eigenvalue weighted by Crippen LogP contribution is 2.43. The number of nitrogens with one attached hydrogen (secondary N) is 1. The molecule has 5 rings (SSSR count). The molecule has 0 radical (unpaired) electrons. The van der Waals surface area contributed by atoms with E-state index < -0.39 is 5.97 Å². The second-order valence-corrected chi connectivity index (χ2v) is 11.9. The lowest BCUT2D eigenvalue weighted by molar-refractivity contribution is -0.144. The van der Waals surface area contributed by atoms with Crippen LogP contribution < -0.4 is 14.8 Å². The molecule has 1 N–H and O–H groups in total. The minimum Gasteiger partial charge on any atom is -0.496 e. The predicted molar refractivity (Wildman–Crippen MR) is 159 cm³/mol. The molecule has 2 aliphatic heterocycles. The van der Waals surface area contributed by atoms with E-state index in [4.69, 9.17) is 14.2 Å². The quantitative estimate of drug-likeness (QED) is 0.245. The zero-order chi connectivity index (χ0) is 28.4. The molecule has 1 unspecified atom stereocenters. The molecule has 206 valence electrons. The molecule has 1 aromatic heterocycles. The van der Waals surface area contributed by atoms with Crippen LogP contribution >= 0.6 is 11.8 Å². The number of esters is 2. The first-order valence-corrected chi connectivity index (χ1v) is 14.0. The van der Waals surface area contributed by atoms with E-state index in [-0.39, 0.29) is 23.4 Å². The predicted octanol–water partition coefficient (Wildman–Crippen LogP) is 7.04. The number of pyridine rings is 1. The summed E-state index contributed by atoms with van der Waals surface area (Å²) >= 11 is 1.55. The monoisotopic (exact) mass is 556 g/mol. The lowest BCUT2D eigenvalue weighted by Gasteiger charge is -2.33. The van der Waals surface area contributed by atoms with Gasteiger partial charge in [-0.05, 0) is 80.5 Å². The van der Waals surface area contributed by atoms with Crippen LogP contribution in [0.2, 0.25) is 0 Å². The summed E-state index contributed by atoms with van der Waals surface area (Å²) < 4.78 is 17.3. The Morgan fingerprint density at radius 2 is 1.93 bits per heavy atom. The number of thioether (sulfide) groups is 1. The van der Waals surface area contributed by atoms with Gasteiger partial charge in [-0.1, -0.05) is 18.2 Å². The molecule has 0 aliphatic carbocycles. The van der Waals surface area contributed by atoms with Crippen molar-refractivity contribution in [2.24, 2.45) is 0 Å². The Morgan fingerprint density at radius 1 is 1.12 bits per heavy atom. The summed E-state index contributed by atoms with van der Waals surface area (Å²) in [6.07, 6.45) is 7.99. The number of carbonyl (C=O) groups is 2. The summed E-state index contributed by atoms with van der Waals surface area (Å²) in [6, 6.07) is 12.7. The maximum atomic E-state index is 13.0. The van der Waals surface area contributed by atoms with Crippen LogP contribution in [-0.4, -0.2) is 34.8 Å². The van der Waals surface area contributed by atoms with E-state index >= 15 is 0 Å². The molecule has 0 bridgehead atoms. The molecule has 0 fully saturated rings. The fourth-order valence-electron chi connectivity index (χ4n) is 5.18. The fraction of sp³-hybridized carbons (Fsp3) is 0.281. The van der Waals surface area contributed by atoms with Crippen molar-refractivity contribution < 1.29 is 23.8 Å². The van der Waals surface area contributed by atoms with Crippen molar-refractivity contribution in [3.05, 3.63) is 88.6 Å². The Morgan fingerprint density at radius 3 is 2.62 bits per heavy atom. The number of fused-ring (bicyclic) bond motifs is 1. The Kier molecular flexibility index (Phi) is 7.72. The van der Waals surface area contributed by atoms with Gasteiger partial charge in [0.2, 0.25) is 0 Å². The third kappa shape index (κ3) is 5.77. The highest BCUT2D eigenvalue weighted by atomic mass is 32.2. The minimum absolute atomic E-state index is 0.113. The van der Waals surface area contributed by atoms with Crippen molar-refractivity contribution in [2.75, 3.05) is 12.4 Å². The fourth-order valence-corrected chi connectivity index (χ4v) is 6.18. The first-order valence-electron chi connectivity index (χ1n) is 13.1. The summed E-state index contributed by atoms with van der Waals surface area (Å²) in [4.78, 5) is 30.7. The average Bonchev–Trinajstić information content (AvgIpc) is 3.37. The van der Waals surface area contributed by atoms with Gasteiger partial charge in [-0.2, -0.15) is 0 Å². The van der Waals surface area contributed by atoms with Crippen molar-refractivity contribution in [1.82, 2.24) is 4.98 Å². The molecular weight excluding hydrogens is 524 g/mol. The van der Waals surface area contributed by atoms with Gasteiger partial charge in [-0.15, -0.1) is 11.8 Å². The molecule has 3 aromatic rings. The summed E-state index contributed by atoms with van der Waals surface area (Å²) in [7, 11) is 1.57. The molecule has 3 heterocycles. The second kappa shape index (κ2) is 11.2. The Hall–Kier alpha value is -4.04. The Bertz CT molecular complexity index is 1530. The normalized spacial score (nSPS) is 17.2. The second-order valence-electron chi connectivity index (χ2n) is 10.4. The molecule has 1 atom stereocenters. The number of allylic oxidation sites excluding steroid dienone is 3. The van der Waals surface area contributed by atoms with Crippen molar-refractivity contribution in [1.29, 1.82) is 0 Å². The Balaban J connectivity index is 1.51. The highest BCUT2D eigenvalue weighted by molar-refractivity contribution is 8.04. The number of hydrogen-bond donors (Lipinski definition) is 1. The maximum Gasteiger partial charge on any atom is 0.345 e. The summed E-state index contributed by atoms with van der Waals surface area (Å²) in [6.45, 7) is 8.44. The molecule has 8 heteroatoms. The topological polar surface area (TPSA) is 86.8 Å². The van der Waals surface area contributed by atoms with Crippen LogP contribution in [0.25, 0.3) is 16.7 Å². The number of benzene rings is 2. The standard InChI is InChI=1S/C32H32N2O5S/c1-19-16-32(3,4)34-26-12-11-23(25(29(19)26)18-38-31(36)28-13-8-20(2)40-28)24-10-9-22(15-27(24)37-5)39-30(35)21-7-6-14-33-17-21/h6-12,14-17,28,34H,13,18H2,1-5H3. The molecule has 0 saturated carbocycles. The zero-order valence-corrected chi connectivity index (χ0v) is 24.1. The van der Waals surface area contributed by atoms with Gasteiger partial charge in [0.15, 0.2) is 0 Å². The van der Waals surface area contributed by atoms with Crippen LogP contribution in [0.3, 0.4) is 0 Å². The van der Waals surface area contributed by atoms with Crippen molar-refractivity contribution in [3.8, 4) is 22.6 Å². The molecule has 2 aliphatic rings. The SMILES string of the molecule is COc1cc(OC(=O)c2cccnc2)ccc1-c1ccc2c(c1COC(=O)C1CC=C(C)S1)C(C)=CC(C)(C)N2. The van der Waals surface area contributed by atoms with Gasteiger partial charge in [0.05, 0.1) is 18.2 Å². The van der Waals surface area contributed by atoms with E-state index in [1.165, 1.54) is 6.20 Å². The largest absolute Gasteiger partial charge is 0.496 e. The molecule has 2 aromatic carbocycles. The first-order chi connectivity index (χ1) is 19.1. The summed E-state index contributed by atoms with van der Waals surface area (Å²) in [5.74, 6) is 0.146. The van der Waals surface area contributed by atoms with Crippen LogP contribution in [0.1, 0.15) is 55.6 Å². The summed E-state index contributed by atoms with van der Waals surface area (Å²) in [5, 5.41) is 3.36. The number of aromatic nitrogens is 1. The van der Waals surface area contributed by atoms with Crippen LogP contribution in [0.4, 0.5) is 5.69 Å². The lowest BCUT2D eigenvalue weighted by atomic mass is 9.85. The number of carbonyl (C=O) groups excluding carboxylic acids is 2. The first kappa shape index (κ1) is 27.5. The summed E-state index contributed by atoms with van der Waals surface area (Å²) in [5.41, 5.74) is 5.77. The van der Waals surface area contributed by atoms with Gasteiger partial charge in [-0.3, -0.25) is 9.78 Å². The number of rotatable bonds is 7. The van der Waals surface area contributed by atoms with E-state index in [1.54, 1.807) is 49.3 Å². The Labute approximate surface area is 238 Å². The molecule has 40 heavy (non-hydrogen) atoms. The average molecular weight is 557 g/mol. The third-order valence-corrected chi connectivity index (χ3v) is 8.09. The maximum absolute atomic E-state index is 13.0. The number of anilines is 1. The lowest BCUT2D eigenvalue weighted by Crippen LogP contribution is -2.32. The van der Waals surface area contributed by atoms with Gasteiger partial charge >= 0.3 is 11.9 Å². The van der Waals surface area contributed by atoms with Gasteiger partial charge in [0.25, 0.3) is 0 Å². The van der Waals surface area contributed by atoms with E-state index in [1.807, 2.05) is 25.1 Å². The van der Waals surface area contributed by atoms with E-state index in [0.29, 0.717) is 23.5 Å². The van der Waals surface area contributed by atoms with E-state index in [2.05, 4.69) is 43.2 Å². The van der Waals surface area contributed by atoms with Crippen molar-refractivity contribution in [2.45, 2.75) is 51.5 Å². The van der Waals surface area contributed by atoms with E-state index in [9.17, 15) is 9.59 Å². The number of hydrogen-bond acceptors (Lipinski definition) is 8. The van der Waals surface area contributed by atoms with Crippen LogP contribution in [0, 0.1) is 0 Å². The van der Waals surface area contributed by atoms with Gasteiger partial charge in [0.1, 0.15) is 23.4 Å². The van der Waals surface area contributed by atoms with Crippen LogP contribution in [0.5, 0.6) is 11.5 Å². The zero-order valence-electron chi connectivity index (χ0n) is 23.2. The molecule has 0 saturated heterocycles. The van der Waals surface area contributed by atoms with Gasteiger partial charge in [0, 0.05) is 40.8 Å². The van der Waals surface area contributed by atoms with Gasteiger partial charge < -0.3 is 19.5 Å². The molecular formula is C32H32N2O5S. The van der Waals surface area contributed by atoms with E-state index in [0.717, 1.165) is 38.4 Å². The molecule has 0 spiro atoms. The number of ether oxygens (including phenoxy) is 3. The molecule has 7 nitrogen and oxygen atoms in total. The third-order valence-electron chi connectivity index (χ3n) is 6.88. The number of methoxy groups -OCH3 is 1. The molecule has 0 amide bonds. The van der Waals surface area contributed by atoms with Crippen LogP contribution in [-0.2, 0) is 16.1 Å². The minimum atomic E-state index is -0.506.